The molecule has 0 radical (unpaired) electrons. The average molecular weight is 291 g/mol. The van der Waals surface area contributed by atoms with Crippen molar-refractivity contribution in [1.82, 2.24) is 5.06 Å². The molecule has 2 heterocycles. The van der Waals surface area contributed by atoms with Gasteiger partial charge in [0.1, 0.15) is 5.92 Å². The van der Waals surface area contributed by atoms with Gasteiger partial charge in [-0.1, -0.05) is 0 Å². The van der Waals surface area contributed by atoms with Gasteiger partial charge in [-0.25, -0.2) is 0 Å². The summed E-state index contributed by atoms with van der Waals surface area (Å²) in [5.74, 6) is -2.45. The van der Waals surface area contributed by atoms with E-state index >= 15 is 0 Å². The van der Waals surface area contributed by atoms with Gasteiger partial charge in [-0.3, -0.25) is 9.59 Å². The van der Waals surface area contributed by atoms with E-state index in [4.69, 9.17) is 5.11 Å². The lowest BCUT2D eigenvalue weighted by molar-refractivity contribution is -0.139. The van der Waals surface area contributed by atoms with Crippen molar-refractivity contribution in [3.05, 3.63) is 23.8 Å². The molecule has 0 spiro atoms. The van der Waals surface area contributed by atoms with Gasteiger partial charge in [-0.05, 0) is 18.2 Å². The third-order valence-electron chi connectivity index (χ3n) is 4.00. The van der Waals surface area contributed by atoms with Gasteiger partial charge < -0.3 is 20.5 Å². The standard InChI is InChI=1S/C14H17N3O4/c18-13-10-2-1-9(16-3-5-17(21)6-4-16)7-12(10)15-8-11(13)14(19)20/h1-2,7,11,15,21H,3-6,8H2,(H,19,20). The topological polar surface area (TPSA) is 93.1 Å². The van der Waals surface area contributed by atoms with E-state index < -0.39 is 11.9 Å². The molecule has 1 saturated heterocycles. The number of fused-ring (bicyclic) bond motifs is 1. The summed E-state index contributed by atoms with van der Waals surface area (Å²) in [6.45, 7) is 2.69. The quantitative estimate of drug-likeness (QED) is 0.683. The fraction of sp³-hybridized carbons (Fsp3) is 0.429. The Balaban J connectivity index is 1.83. The van der Waals surface area contributed by atoms with E-state index in [1.54, 1.807) is 6.07 Å². The molecule has 0 aliphatic carbocycles. The van der Waals surface area contributed by atoms with Crippen molar-refractivity contribution in [3.63, 3.8) is 0 Å². The van der Waals surface area contributed by atoms with Crippen LogP contribution in [0.4, 0.5) is 11.4 Å². The Bertz CT molecular complexity index is 582. The summed E-state index contributed by atoms with van der Waals surface area (Å²) in [6.07, 6.45) is 0. The number of hydrogen-bond acceptors (Lipinski definition) is 6. The van der Waals surface area contributed by atoms with Crippen molar-refractivity contribution >= 4 is 23.1 Å². The van der Waals surface area contributed by atoms with Crippen LogP contribution < -0.4 is 10.2 Å². The fourth-order valence-corrected chi connectivity index (χ4v) is 2.74. The smallest absolute Gasteiger partial charge is 0.316 e. The summed E-state index contributed by atoms with van der Waals surface area (Å²) in [7, 11) is 0. The minimum absolute atomic E-state index is 0.120. The maximum absolute atomic E-state index is 12.1. The number of hydrogen-bond donors (Lipinski definition) is 3. The summed E-state index contributed by atoms with van der Waals surface area (Å²) < 4.78 is 0. The van der Waals surface area contributed by atoms with Crippen LogP contribution in [0.5, 0.6) is 0 Å². The Morgan fingerprint density at radius 3 is 2.62 bits per heavy atom. The minimum Gasteiger partial charge on any atom is -0.481 e. The van der Waals surface area contributed by atoms with Crippen molar-refractivity contribution in [2.75, 3.05) is 42.9 Å². The average Bonchev–Trinajstić information content (AvgIpc) is 2.47. The largest absolute Gasteiger partial charge is 0.481 e. The number of carbonyl (C=O) groups excluding carboxylic acids is 1. The van der Waals surface area contributed by atoms with Gasteiger partial charge in [0.15, 0.2) is 5.78 Å². The first-order valence-corrected chi connectivity index (χ1v) is 6.90. The van der Waals surface area contributed by atoms with Gasteiger partial charge in [-0.15, -0.1) is 0 Å². The zero-order valence-electron chi connectivity index (χ0n) is 11.5. The first-order valence-electron chi connectivity index (χ1n) is 6.90. The molecule has 112 valence electrons. The maximum atomic E-state index is 12.1. The van der Waals surface area contributed by atoms with E-state index in [1.807, 2.05) is 12.1 Å². The Hall–Kier alpha value is -2.12. The van der Waals surface area contributed by atoms with Crippen LogP contribution in [0, 0.1) is 5.92 Å². The van der Waals surface area contributed by atoms with Crippen molar-refractivity contribution in [2.24, 2.45) is 5.92 Å². The van der Waals surface area contributed by atoms with Crippen molar-refractivity contribution < 1.29 is 19.9 Å². The van der Waals surface area contributed by atoms with Crippen LogP contribution in [0.3, 0.4) is 0 Å². The van der Waals surface area contributed by atoms with Gasteiger partial charge in [-0.2, -0.15) is 5.06 Å². The highest BCUT2D eigenvalue weighted by molar-refractivity contribution is 6.13. The number of rotatable bonds is 2. The molecular formula is C14H17N3O4. The van der Waals surface area contributed by atoms with Gasteiger partial charge in [0.05, 0.1) is 0 Å². The van der Waals surface area contributed by atoms with E-state index in [2.05, 4.69) is 10.2 Å². The van der Waals surface area contributed by atoms with Gasteiger partial charge >= 0.3 is 5.97 Å². The molecule has 0 bridgehead atoms. The highest BCUT2D eigenvalue weighted by atomic mass is 16.5. The number of Topliss-reactive ketones (excluding diaryl/α,β-unsaturated/α-hetero) is 1. The Morgan fingerprint density at radius 1 is 1.24 bits per heavy atom. The van der Waals surface area contributed by atoms with E-state index in [0.717, 1.165) is 5.69 Å². The predicted octanol–water partition coefficient (Wildman–Crippen LogP) is 0.507. The molecule has 7 heteroatoms. The number of carboxylic acid groups (broad SMARTS) is 1. The molecule has 0 saturated carbocycles. The van der Waals surface area contributed by atoms with Crippen molar-refractivity contribution in [3.8, 4) is 0 Å². The molecule has 1 atom stereocenters. The number of aliphatic carboxylic acids is 1. The highest BCUT2D eigenvalue weighted by Crippen LogP contribution is 2.29. The van der Waals surface area contributed by atoms with Crippen LogP contribution in [0.25, 0.3) is 0 Å². The molecule has 2 aliphatic heterocycles. The summed E-state index contributed by atoms with van der Waals surface area (Å²) in [6, 6.07) is 5.38. The number of benzene rings is 1. The SMILES string of the molecule is O=C(O)C1CNc2cc(N3CCN(O)CC3)ccc2C1=O. The molecule has 3 N–H and O–H groups in total. The second-order valence-electron chi connectivity index (χ2n) is 5.31. The van der Waals surface area contributed by atoms with Crippen LogP contribution in [0.1, 0.15) is 10.4 Å². The van der Waals surface area contributed by atoms with Crippen molar-refractivity contribution in [2.45, 2.75) is 0 Å². The maximum Gasteiger partial charge on any atom is 0.316 e. The number of nitrogens with zero attached hydrogens (tertiary/aromatic N) is 2. The van der Waals surface area contributed by atoms with Crippen LogP contribution >= 0.6 is 0 Å². The molecule has 7 nitrogen and oxygen atoms in total. The Kier molecular flexibility index (Phi) is 3.52. The minimum atomic E-state index is -1.10. The van der Waals surface area contributed by atoms with Crippen LogP contribution in [0.15, 0.2) is 18.2 Å². The first kappa shape index (κ1) is 13.8. The van der Waals surface area contributed by atoms with E-state index in [1.165, 1.54) is 5.06 Å². The molecular weight excluding hydrogens is 274 g/mol. The molecule has 0 amide bonds. The molecule has 1 aromatic carbocycles. The summed E-state index contributed by atoms with van der Waals surface area (Å²) in [5.41, 5.74) is 2.08. The molecule has 2 aliphatic rings. The number of nitrogens with one attached hydrogen (secondary N) is 1. The summed E-state index contributed by atoms with van der Waals surface area (Å²) in [4.78, 5) is 25.3. The second-order valence-corrected chi connectivity index (χ2v) is 5.31. The number of anilines is 2. The molecule has 1 unspecified atom stereocenters. The number of carbonyl (C=O) groups is 2. The van der Waals surface area contributed by atoms with E-state index in [-0.39, 0.29) is 12.3 Å². The second kappa shape index (κ2) is 5.34. The number of hydroxylamine groups is 2. The Morgan fingerprint density at radius 2 is 1.95 bits per heavy atom. The third-order valence-corrected chi connectivity index (χ3v) is 4.00. The molecule has 1 fully saturated rings. The normalized spacial score (nSPS) is 22.6. The lowest BCUT2D eigenvalue weighted by Gasteiger charge is -2.33. The third kappa shape index (κ3) is 2.57. The monoisotopic (exact) mass is 291 g/mol. The Labute approximate surface area is 121 Å². The van der Waals surface area contributed by atoms with Gasteiger partial charge in [0, 0.05) is 49.7 Å². The zero-order chi connectivity index (χ0) is 15.0. The predicted molar refractivity (Wildman–Crippen MR) is 76.0 cm³/mol. The number of piperazine rings is 1. The summed E-state index contributed by atoms with van der Waals surface area (Å²) in [5, 5.41) is 22.7. The number of ketones is 1. The zero-order valence-corrected chi connectivity index (χ0v) is 11.5. The highest BCUT2D eigenvalue weighted by Gasteiger charge is 2.33. The lowest BCUT2D eigenvalue weighted by atomic mass is 9.92. The molecule has 0 aromatic heterocycles. The van der Waals surface area contributed by atoms with E-state index in [9.17, 15) is 14.8 Å². The van der Waals surface area contributed by atoms with Gasteiger partial charge in [0.2, 0.25) is 0 Å². The lowest BCUT2D eigenvalue weighted by Crippen LogP contribution is -2.45. The fourth-order valence-electron chi connectivity index (χ4n) is 2.74. The number of carboxylic acids is 1. The van der Waals surface area contributed by atoms with Crippen LogP contribution in [-0.4, -0.2) is 59.9 Å². The van der Waals surface area contributed by atoms with E-state index in [0.29, 0.717) is 37.4 Å². The van der Waals surface area contributed by atoms with Crippen molar-refractivity contribution in [1.29, 1.82) is 0 Å². The van der Waals surface area contributed by atoms with Gasteiger partial charge in [0.25, 0.3) is 0 Å². The molecule has 1 aromatic rings. The summed E-state index contributed by atoms with van der Waals surface area (Å²) >= 11 is 0. The van der Waals surface area contributed by atoms with Crippen LogP contribution in [0.2, 0.25) is 0 Å². The van der Waals surface area contributed by atoms with Crippen LogP contribution in [-0.2, 0) is 4.79 Å². The first-order chi connectivity index (χ1) is 10.1. The molecule has 3 rings (SSSR count). The molecule has 21 heavy (non-hydrogen) atoms.